The molecule has 0 amide bonds. The van der Waals surface area contributed by atoms with Crippen molar-refractivity contribution in [3.8, 4) is 0 Å². The lowest BCUT2D eigenvalue weighted by atomic mass is 10.3. The van der Waals surface area contributed by atoms with Crippen LogP contribution in [0, 0.1) is 6.92 Å². The Kier molecular flexibility index (Phi) is 1.46. The molecule has 12 heavy (non-hydrogen) atoms. The number of hydrogen-bond acceptors (Lipinski definition) is 3. The van der Waals surface area contributed by atoms with Crippen molar-refractivity contribution in [2.24, 2.45) is 0 Å². The quantitative estimate of drug-likeness (QED) is 0.561. The molecule has 1 aromatic heterocycles. The molecule has 0 bridgehead atoms. The highest BCUT2D eigenvalue weighted by Gasteiger charge is 2.06. The molecule has 0 aromatic carbocycles. The molecule has 1 aliphatic rings. The van der Waals surface area contributed by atoms with Crippen molar-refractivity contribution in [2.45, 2.75) is 13.5 Å². The van der Waals surface area contributed by atoms with Crippen molar-refractivity contribution < 1.29 is 4.74 Å². The van der Waals surface area contributed by atoms with E-state index in [1.165, 1.54) is 0 Å². The van der Waals surface area contributed by atoms with Gasteiger partial charge in [-0.3, -0.25) is 4.79 Å². The molecule has 0 atom stereocenters. The summed E-state index contributed by atoms with van der Waals surface area (Å²) in [6.07, 6.45) is 3.25. The highest BCUT2D eigenvalue weighted by Crippen LogP contribution is 2.05. The van der Waals surface area contributed by atoms with Crippen LogP contribution in [0.3, 0.4) is 0 Å². The Morgan fingerprint density at radius 3 is 3.33 bits per heavy atom. The maximum Gasteiger partial charge on any atom is 0.203 e. The number of nitrogens with zero attached hydrogens (tertiary/aromatic N) is 2. The van der Waals surface area contributed by atoms with Gasteiger partial charge in [-0.1, -0.05) is 0 Å². The molecule has 0 saturated carbocycles. The predicted molar refractivity (Wildman–Crippen MR) is 43.4 cm³/mol. The van der Waals surface area contributed by atoms with E-state index in [1.807, 2.05) is 0 Å². The third kappa shape index (κ3) is 1.01. The summed E-state index contributed by atoms with van der Waals surface area (Å²) in [6.45, 7) is 2.11. The molecule has 0 N–H and O–H groups in total. The Morgan fingerprint density at radius 2 is 2.50 bits per heavy atom. The second kappa shape index (κ2) is 2.48. The van der Waals surface area contributed by atoms with E-state index >= 15 is 0 Å². The molecule has 4 heteroatoms. The first-order valence-corrected chi connectivity index (χ1v) is 3.65. The van der Waals surface area contributed by atoms with Gasteiger partial charge in [0.1, 0.15) is 18.6 Å². The van der Waals surface area contributed by atoms with Crippen LogP contribution < -0.4 is 5.43 Å². The number of fused-ring (bicyclic) bond motifs is 1. The molecule has 0 fully saturated rings. The van der Waals surface area contributed by atoms with Gasteiger partial charge in [-0.05, 0) is 6.92 Å². The number of hydrogen-bond donors (Lipinski definition) is 0. The highest BCUT2D eigenvalue weighted by molar-refractivity contribution is 5.25. The molecule has 2 heterocycles. The van der Waals surface area contributed by atoms with E-state index in [-0.39, 0.29) is 5.43 Å². The predicted octanol–water partition coefficient (Wildman–Crippen LogP) is 0.510. The van der Waals surface area contributed by atoms with Crippen molar-refractivity contribution in [1.82, 2.24) is 9.78 Å². The van der Waals surface area contributed by atoms with Gasteiger partial charge in [-0.15, -0.1) is 0 Å². The minimum atomic E-state index is -0.0415. The summed E-state index contributed by atoms with van der Waals surface area (Å²) >= 11 is 0. The van der Waals surface area contributed by atoms with Crippen LogP contribution in [0.5, 0.6) is 0 Å². The summed E-state index contributed by atoms with van der Waals surface area (Å²) in [5.41, 5.74) is 1.25. The average molecular weight is 164 g/mol. The molecular formula is C8H8N2O2. The summed E-state index contributed by atoms with van der Waals surface area (Å²) in [5, 5.41) is 4.05. The highest BCUT2D eigenvalue weighted by atomic mass is 16.5. The van der Waals surface area contributed by atoms with E-state index < -0.39 is 0 Å². The smallest absolute Gasteiger partial charge is 0.203 e. The number of rotatable bonds is 0. The summed E-state index contributed by atoms with van der Waals surface area (Å²) in [7, 11) is 0. The molecule has 1 aliphatic heterocycles. The number of aromatic nitrogens is 2. The second-order valence-electron chi connectivity index (χ2n) is 2.63. The lowest BCUT2D eigenvalue weighted by Crippen LogP contribution is -2.18. The Bertz CT molecular complexity index is 393. The summed E-state index contributed by atoms with van der Waals surface area (Å²) < 4.78 is 6.66. The Morgan fingerprint density at radius 1 is 1.67 bits per heavy atom. The van der Waals surface area contributed by atoms with E-state index in [2.05, 4.69) is 5.10 Å². The fraction of sp³-hybridized carbons (Fsp3) is 0.250. The largest absolute Gasteiger partial charge is 0.493 e. The van der Waals surface area contributed by atoms with Crippen molar-refractivity contribution >= 4 is 6.20 Å². The maximum absolute atomic E-state index is 11.1. The first kappa shape index (κ1) is 7.09. The molecule has 2 rings (SSSR count). The van der Waals surface area contributed by atoms with E-state index in [4.69, 9.17) is 4.74 Å². The first-order chi connectivity index (χ1) is 5.77. The summed E-state index contributed by atoms with van der Waals surface area (Å²) in [5.74, 6) is 0. The topological polar surface area (TPSA) is 44.1 Å². The average Bonchev–Trinajstić information content (AvgIpc) is 2.07. The third-order valence-corrected chi connectivity index (χ3v) is 1.74. The zero-order valence-corrected chi connectivity index (χ0v) is 6.65. The van der Waals surface area contributed by atoms with Gasteiger partial charge < -0.3 is 4.74 Å². The summed E-state index contributed by atoms with van der Waals surface area (Å²) in [4.78, 5) is 11.1. The normalized spacial score (nSPS) is 13.8. The van der Waals surface area contributed by atoms with Crippen LogP contribution in [0.1, 0.15) is 11.4 Å². The van der Waals surface area contributed by atoms with E-state index in [0.717, 1.165) is 5.69 Å². The van der Waals surface area contributed by atoms with E-state index in [9.17, 15) is 4.79 Å². The van der Waals surface area contributed by atoms with Crippen molar-refractivity contribution in [3.63, 3.8) is 0 Å². The van der Waals surface area contributed by atoms with Crippen LogP contribution in [0.15, 0.2) is 17.1 Å². The van der Waals surface area contributed by atoms with Crippen molar-refractivity contribution in [1.29, 1.82) is 0 Å². The van der Waals surface area contributed by atoms with Gasteiger partial charge in [0.25, 0.3) is 0 Å². The maximum atomic E-state index is 11.1. The van der Waals surface area contributed by atoms with Crippen LogP contribution in [0.25, 0.3) is 6.20 Å². The number of ether oxygens (including phenoxy) is 1. The van der Waals surface area contributed by atoms with Crippen LogP contribution in [0.2, 0.25) is 0 Å². The van der Waals surface area contributed by atoms with Gasteiger partial charge in [-0.2, -0.15) is 5.10 Å². The summed E-state index contributed by atoms with van der Waals surface area (Å²) in [6, 6.07) is 1.55. The van der Waals surface area contributed by atoms with Gasteiger partial charge in [0, 0.05) is 6.07 Å². The molecule has 0 aliphatic carbocycles. The Labute approximate surface area is 69.1 Å². The van der Waals surface area contributed by atoms with Crippen molar-refractivity contribution in [3.05, 3.63) is 33.9 Å². The minimum absolute atomic E-state index is 0.0415. The SMILES string of the molecule is Cc1nn2c(cc1=O)COC=C2. The zero-order valence-electron chi connectivity index (χ0n) is 6.65. The molecule has 0 radical (unpaired) electrons. The molecule has 0 unspecified atom stereocenters. The molecule has 0 spiro atoms. The van der Waals surface area contributed by atoms with Crippen LogP contribution >= 0.6 is 0 Å². The first-order valence-electron chi connectivity index (χ1n) is 3.65. The van der Waals surface area contributed by atoms with Crippen LogP contribution in [-0.2, 0) is 11.3 Å². The molecular weight excluding hydrogens is 156 g/mol. The Balaban J connectivity index is 2.66. The van der Waals surface area contributed by atoms with Gasteiger partial charge in [-0.25, -0.2) is 4.68 Å². The second-order valence-corrected chi connectivity index (χ2v) is 2.63. The number of aryl methyl sites for hydroxylation is 1. The molecule has 0 saturated heterocycles. The van der Waals surface area contributed by atoms with Gasteiger partial charge in [0.2, 0.25) is 5.43 Å². The lowest BCUT2D eigenvalue weighted by molar-refractivity contribution is 0.220. The molecule has 1 aromatic rings. The zero-order chi connectivity index (χ0) is 8.55. The third-order valence-electron chi connectivity index (χ3n) is 1.74. The lowest BCUT2D eigenvalue weighted by Gasteiger charge is -2.12. The van der Waals surface area contributed by atoms with Gasteiger partial charge >= 0.3 is 0 Å². The van der Waals surface area contributed by atoms with Crippen LogP contribution in [0.4, 0.5) is 0 Å². The van der Waals surface area contributed by atoms with Crippen molar-refractivity contribution in [2.75, 3.05) is 0 Å². The minimum Gasteiger partial charge on any atom is -0.493 e. The van der Waals surface area contributed by atoms with Crippen LogP contribution in [-0.4, -0.2) is 9.78 Å². The fourth-order valence-electron chi connectivity index (χ4n) is 1.07. The van der Waals surface area contributed by atoms with E-state index in [0.29, 0.717) is 12.3 Å². The monoisotopic (exact) mass is 164 g/mol. The standard InChI is InChI=1S/C8H8N2O2/c1-6-8(11)4-7-5-12-3-2-10(7)9-6/h2-4H,5H2,1H3. The molecule has 62 valence electrons. The van der Waals surface area contributed by atoms with Gasteiger partial charge in [0.05, 0.1) is 11.9 Å². The fourth-order valence-corrected chi connectivity index (χ4v) is 1.07. The molecule has 4 nitrogen and oxygen atoms in total. The van der Waals surface area contributed by atoms with E-state index in [1.54, 1.807) is 30.1 Å². The van der Waals surface area contributed by atoms with Gasteiger partial charge in [0.15, 0.2) is 0 Å². The Hall–Kier alpha value is -1.58.